The first-order chi connectivity index (χ1) is 19.1. The van der Waals surface area contributed by atoms with Gasteiger partial charge in [-0.1, -0.05) is 65.9 Å². The van der Waals surface area contributed by atoms with Crippen molar-refractivity contribution in [3.63, 3.8) is 0 Å². The van der Waals surface area contributed by atoms with Crippen LogP contribution in [-0.4, -0.2) is 30.5 Å². The topological polar surface area (TPSA) is 74.3 Å². The summed E-state index contributed by atoms with van der Waals surface area (Å²) in [4.78, 5) is 18.4. The Morgan fingerprint density at radius 2 is 1.77 bits per heavy atom. The number of thiazole rings is 1. The zero-order valence-corrected chi connectivity index (χ0v) is 21.9. The normalized spacial score (nSPS) is 15.3. The maximum absolute atomic E-state index is 13.3. The molecule has 1 atom stereocenters. The summed E-state index contributed by atoms with van der Waals surface area (Å²) in [5, 5.41) is 9.36. The summed E-state index contributed by atoms with van der Waals surface area (Å²) < 4.78 is 9.67. The molecule has 0 spiro atoms. The Bertz CT molecular complexity index is 1960. The van der Waals surface area contributed by atoms with Gasteiger partial charge in [0.25, 0.3) is 5.56 Å². The molecule has 0 bridgehead atoms. The quantitative estimate of drug-likeness (QED) is 0.313. The summed E-state index contributed by atoms with van der Waals surface area (Å²) in [7, 11) is 0. The van der Waals surface area contributed by atoms with Gasteiger partial charge in [0, 0.05) is 23.7 Å². The van der Waals surface area contributed by atoms with E-state index in [1.165, 1.54) is 21.4 Å². The Morgan fingerprint density at radius 1 is 0.974 bits per heavy atom. The van der Waals surface area contributed by atoms with Crippen LogP contribution in [0, 0.1) is 0 Å². The van der Waals surface area contributed by atoms with Gasteiger partial charge in [0.15, 0.2) is 5.82 Å². The molecule has 0 unspecified atom stereocenters. The minimum Gasteiger partial charge on any atom is -0.490 e. The van der Waals surface area contributed by atoms with E-state index in [1.807, 2.05) is 102 Å². The predicted octanol–water partition coefficient (Wildman–Crippen LogP) is 5.05. The van der Waals surface area contributed by atoms with E-state index in [0.29, 0.717) is 15.3 Å². The lowest BCUT2D eigenvalue weighted by Gasteiger charge is -2.04. The Kier molecular flexibility index (Phi) is 5.67. The molecule has 0 saturated carbocycles. The molecule has 0 N–H and O–H groups in total. The van der Waals surface area contributed by atoms with E-state index in [-0.39, 0.29) is 11.7 Å². The van der Waals surface area contributed by atoms with Gasteiger partial charge >= 0.3 is 0 Å². The van der Waals surface area contributed by atoms with Crippen LogP contribution in [0.1, 0.15) is 29.4 Å². The van der Waals surface area contributed by atoms with E-state index in [1.54, 1.807) is 0 Å². The van der Waals surface area contributed by atoms with Crippen molar-refractivity contribution in [2.24, 2.45) is 0 Å². The average molecular weight is 530 g/mol. The molecule has 190 valence electrons. The number of rotatable bonds is 5. The molecule has 8 heteroatoms. The SMILES string of the molecule is C[C@@H]1Cc2cc(-c3nn(-c4ccccc4)cc3/C=c3\sc4nc(/C=C/c5ccccc5)nn4c3=O)ccc2O1. The number of benzene rings is 3. The van der Waals surface area contributed by atoms with Crippen LogP contribution in [-0.2, 0) is 6.42 Å². The second kappa shape index (κ2) is 9.49. The van der Waals surface area contributed by atoms with E-state index < -0.39 is 0 Å². The lowest BCUT2D eigenvalue weighted by atomic mass is 10.0. The van der Waals surface area contributed by atoms with Crippen molar-refractivity contribution in [1.29, 1.82) is 0 Å². The zero-order valence-electron chi connectivity index (χ0n) is 21.1. The van der Waals surface area contributed by atoms with Gasteiger partial charge in [0.05, 0.1) is 10.2 Å². The summed E-state index contributed by atoms with van der Waals surface area (Å²) in [6, 6.07) is 26.0. The van der Waals surface area contributed by atoms with Crippen molar-refractivity contribution in [1.82, 2.24) is 24.4 Å². The van der Waals surface area contributed by atoms with Crippen molar-refractivity contribution < 1.29 is 4.74 Å². The van der Waals surface area contributed by atoms with Gasteiger partial charge in [-0.3, -0.25) is 4.79 Å². The molecule has 1 aliphatic rings. The lowest BCUT2D eigenvalue weighted by Crippen LogP contribution is -2.23. The molecular weight excluding hydrogens is 506 g/mol. The lowest BCUT2D eigenvalue weighted by molar-refractivity contribution is 0.254. The van der Waals surface area contributed by atoms with Gasteiger partial charge in [-0.05, 0) is 60.5 Å². The van der Waals surface area contributed by atoms with Crippen LogP contribution in [0.5, 0.6) is 5.75 Å². The third-order valence-corrected chi connectivity index (χ3v) is 7.60. The average Bonchev–Trinajstić information content (AvgIpc) is 3.72. The monoisotopic (exact) mass is 529 g/mol. The van der Waals surface area contributed by atoms with E-state index >= 15 is 0 Å². The fourth-order valence-corrected chi connectivity index (χ4v) is 5.70. The molecule has 7 rings (SSSR count). The fraction of sp³-hybridized carbons (Fsp3) is 0.0968. The summed E-state index contributed by atoms with van der Waals surface area (Å²) in [5.74, 6) is 1.42. The molecule has 0 saturated heterocycles. The van der Waals surface area contributed by atoms with E-state index in [2.05, 4.69) is 23.1 Å². The number of hydrogen-bond donors (Lipinski definition) is 0. The molecule has 3 aromatic heterocycles. The van der Waals surface area contributed by atoms with Gasteiger partial charge in [-0.25, -0.2) is 4.68 Å². The smallest absolute Gasteiger partial charge is 0.291 e. The molecule has 3 aromatic carbocycles. The number of fused-ring (bicyclic) bond motifs is 2. The van der Waals surface area contributed by atoms with Crippen molar-refractivity contribution in [2.75, 3.05) is 0 Å². The Labute approximate surface area is 228 Å². The van der Waals surface area contributed by atoms with Gasteiger partial charge in [0.1, 0.15) is 17.5 Å². The van der Waals surface area contributed by atoms with Gasteiger partial charge < -0.3 is 4.74 Å². The van der Waals surface area contributed by atoms with Crippen LogP contribution in [0.4, 0.5) is 0 Å². The summed E-state index contributed by atoms with van der Waals surface area (Å²) in [6.45, 7) is 2.07. The third kappa shape index (κ3) is 4.45. The summed E-state index contributed by atoms with van der Waals surface area (Å²) in [5.41, 5.74) is 5.57. The molecule has 0 fully saturated rings. The van der Waals surface area contributed by atoms with E-state index in [4.69, 9.17) is 9.84 Å². The highest BCUT2D eigenvalue weighted by molar-refractivity contribution is 7.15. The maximum atomic E-state index is 13.3. The van der Waals surface area contributed by atoms with E-state index in [0.717, 1.165) is 40.2 Å². The second-order valence-electron chi connectivity index (χ2n) is 9.49. The van der Waals surface area contributed by atoms with E-state index in [9.17, 15) is 4.79 Å². The van der Waals surface area contributed by atoms with Crippen LogP contribution in [0.15, 0.2) is 89.9 Å². The molecule has 4 heterocycles. The zero-order chi connectivity index (χ0) is 26.3. The summed E-state index contributed by atoms with van der Waals surface area (Å²) in [6.07, 6.45) is 8.62. The van der Waals surface area contributed by atoms with Gasteiger partial charge in [-0.15, -0.1) is 5.10 Å². The number of aromatic nitrogens is 5. The molecule has 39 heavy (non-hydrogen) atoms. The number of ether oxygens (including phenoxy) is 1. The maximum Gasteiger partial charge on any atom is 0.291 e. The molecule has 0 aliphatic carbocycles. The van der Waals surface area contributed by atoms with Crippen LogP contribution in [0.25, 0.3) is 40.1 Å². The fourth-order valence-electron chi connectivity index (χ4n) is 4.80. The van der Waals surface area contributed by atoms with Gasteiger partial charge in [-0.2, -0.15) is 14.6 Å². The predicted molar refractivity (Wildman–Crippen MR) is 154 cm³/mol. The largest absolute Gasteiger partial charge is 0.490 e. The van der Waals surface area contributed by atoms with Crippen LogP contribution >= 0.6 is 11.3 Å². The standard InChI is InChI=1S/C31H23N5O2S/c1-20-16-23-17-22(13-14-26(23)38-20)29-24(19-35(34-29)25-10-6-3-7-11-25)18-27-30(37)36-31(39-27)32-28(33-36)15-12-21-8-4-2-5-9-21/h2-15,17-20H,16H2,1H3/b15-12+,27-18-/t20-/m1/s1. The molecule has 0 amide bonds. The van der Waals surface area contributed by atoms with Gasteiger partial charge in [0.2, 0.25) is 4.96 Å². The second-order valence-corrected chi connectivity index (χ2v) is 10.5. The van der Waals surface area contributed by atoms with Crippen LogP contribution in [0.2, 0.25) is 0 Å². The first kappa shape index (κ1) is 23.3. The minimum absolute atomic E-state index is 0.161. The van der Waals surface area contributed by atoms with Crippen LogP contribution < -0.4 is 14.8 Å². The van der Waals surface area contributed by atoms with Crippen molar-refractivity contribution in [2.45, 2.75) is 19.4 Å². The summed E-state index contributed by atoms with van der Waals surface area (Å²) >= 11 is 1.32. The molecule has 7 nitrogen and oxygen atoms in total. The Morgan fingerprint density at radius 3 is 2.56 bits per heavy atom. The van der Waals surface area contributed by atoms with Crippen molar-refractivity contribution >= 4 is 34.5 Å². The Balaban J connectivity index is 1.31. The molecule has 1 aliphatic heterocycles. The minimum atomic E-state index is -0.198. The number of hydrogen-bond acceptors (Lipinski definition) is 6. The molecule has 6 aromatic rings. The molecule has 0 radical (unpaired) electrons. The third-order valence-electron chi connectivity index (χ3n) is 6.64. The number of nitrogens with zero attached hydrogens (tertiary/aromatic N) is 5. The highest BCUT2D eigenvalue weighted by Gasteiger charge is 2.21. The van der Waals surface area contributed by atoms with Crippen molar-refractivity contribution in [3.05, 3.63) is 122 Å². The van der Waals surface area contributed by atoms with Crippen molar-refractivity contribution in [3.8, 4) is 22.7 Å². The molecular formula is C31H23N5O2S. The number of para-hydroxylation sites is 1. The highest BCUT2D eigenvalue weighted by Crippen LogP contribution is 2.34. The van der Waals surface area contributed by atoms with Crippen LogP contribution in [0.3, 0.4) is 0 Å². The Hall–Kier alpha value is -4.82. The first-order valence-electron chi connectivity index (χ1n) is 12.7. The first-order valence-corrected chi connectivity index (χ1v) is 13.5. The highest BCUT2D eigenvalue weighted by atomic mass is 32.1.